The predicted octanol–water partition coefficient (Wildman–Crippen LogP) is 1.05. The number of aliphatic hydroxyl groups excluding tert-OH is 1. The van der Waals surface area contributed by atoms with Crippen molar-refractivity contribution in [3.8, 4) is 0 Å². The van der Waals surface area contributed by atoms with Crippen LogP contribution in [0.15, 0.2) is 24.3 Å². The molecule has 0 amide bonds. The van der Waals surface area contributed by atoms with Crippen LogP contribution in [0.3, 0.4) is 0 Å². The smallest absolute Gasteiger partial charge is 0.138 e. The fourth-order valence-corrected chi connectivity index (χ4v) is 1.78. The molecule has 3 N–H and O–H groups in total. The first kappa shape index (κ1) is 10.1. The van der Waals surface area contributed by atoms with Crippen molar-refractivity contribution in [2.24, 2.45) is 5.73 Å². The Labute approximate surface area is 88.3 Å². The molecule has 0 aliphatic carbocycles. The molecule has 1 atom stereocenters. The van der Waals surface area contributed by atoms with Crippen LogP contribution in [-0.4, -0.2) is 21.2 Å². The van der Waals surface area contributed by atoms with Crippen molar-refractivity contribution in [2.75, 3.05) is 6.54 Å². The molecule has 0 spiro atoms. The van der Waals surface area contributed by atoms with Crippen LogP contribution >= 0.6 is 0 Å². The molecule has 2 aromatic rings. The van der Waals surface area contributed by atoms with Crippen LogP contribution in [0, 0.1) is 0 Å². The molecule has 0 bridgehead atoms. The second kappa shape index (κ2) is 4.00. The maximum Gasteiger partial charge on any atom is 0.138 e. The number of hydrogen-bond donors (Lipinski definition) is 2. The summed E-state index contributed by atoms with van der Waals surface area (Å²) >= 11 is 0. The highest BCUT2D eigenvalue weighted by atomic mass is 16.3. The topological polar surface area (TPSA) is 64.1 Å². The lowest BCUT2D eigenvalue weighted by Gasteiger charge is -2.08. The number of benzene rings is 1. The average Bonchev–Trinajstić information content (AvgIpc) is 2.58. The molecule has 0 aliphatic rings. The summed E-state index contributed by atoms with van der Waals surface area (Å²) in [7, 11) is 0. The quantitative estimate of drug-likeness (QED) is 0.787. The van der Waals surface area contributed by atoms with E-state index < -0.39 is 6.10 Å². The molecule has 80 valence electrons. The Kier molecular flexibility index (Phi) is 2.70. The van der Waals surface area contributed by atoms with Gasteiger partial charge in [-0.1, -0.05) is 12.1 Å². The van der Waals surface area contributed by atoms with Crippen LogP contribution in [0.5, 0.6) is 0 Å². The van der Waals surface area contributed by atoms with Crippen LogP contribution < -0.4 is 5.73 Å². The number of rotatable bonds is 3. The minimum absolute atomic E-state index is 0.542. The highest BCUT2D eigenvalue weighted by molar-refractivity contribution is 5.75. The van der Waals surface area contributed by atoms with Gasteiger partial charge in [0.2, 0.25) is 0 Å². The van der Waals surface area contributed by atoms with E-state index in [2.05, 4.69) is 4.98 Å². The standard InChI is InChI=1S/C11H15N3O/c1-8(15)11-13-9-4-2-3-5-10(9)14(11)7-6-12/h2-5,8,15H,6-7,12H2,1H3/t8-/m0/s1. The zero-order valence-electron chi connectivity index (χ0n) is 8.72. The molecule has 0 fully saturated rings. The van der Waals surface area contributed by atoms with Crippen molar-refractivity contribution in [3.05, 3.63) is 30.1 Å². The zero-order valence-corrected chi connectivity index (χ0v) is 8.72. The second-order valence-corrected chi connectivity index (χ2v) is 3.58. The molecule has 4 nitrogen and oxygen atoms in total. The van der Waals surface area contributed by atoms with Gasteiger partial charge < -0.3 is 15.4 Å². The zero-order chi connectivity index (χ0) is 10.8. The van der Waals surface area contributed by atoms with Crippen molar-refractivity contribution in [1.29, 1.82) is 0 Å². The predicted molar refractivity (Wildman–Crippen MR) is 59.4 cm³/mol. The molecule has 1 aromatic heterocycles. The van der Waals surface area contributed by atoms with Gasteiger partial charge in [-0.2, -0.15) is 0 Å². The lowest BCUT2D eigenvalue weighted by Crippen LogP contribution is -2.13. The van der Waals surface area contributed by atoms with Crippen molar-refractivity contribution in [1.82, 2.24) is 9.55 Å². The summed E-state index contributed by atoms with van der Waals surface area (Å²) in [6.07, 6.45) is -0.566. The lowest BCUT2D eigenvalue weighted by atomic mass is 10.3. The van der Waals surface area contributed by atoms with Gasteiger partial charge in [-0.3, -0.25) is 0 Å². The number of fused-ring (bicyclic) bond motifs is 1. The largest absolute Gasteiger partial charge is 0.385 e. The molecule has 0 saturated heterocycles. The summed E-state index contributed by atoms with van der Waals surface area (Å²) in [5.74, 6) is 0.682. The Bertz CT molecular complexity index is 462. The number of aromatic nitrogens is 2. The molecule has 0 saturated carbocycles. The first-order valence-corrected chi connectivity index (χ1v) is 5.07. The molecular formula is C11H15N3O. The van der Waals surface area contributed by atoms with E-state index in [1.807, 2.05) is 28.8 Å². The third kappa shape index (κ3) is 1.73. The molecular weight excluding hydrogens is 190 g/mol. The fourth-order valence-electron chi connectivity index (χ4n) is 1.78. The van der Waals surface area contributed by atoms with Crippen LogP contribution in [0.2, 0.25) is 0 Å². The van der Waals surface area contributed by atoms with Crippen molar-refractivity contribution in [3.63, 3.8) is 0 Å². The normalized spacial score (nSPS) is 13.3. The third-order valence-electron chi connectivity index (χ3n) is 2.41. The van der Waals surface area contributed by atoms with E-state index in [4.69, 9.17) is 5.73 Å². The summed E-state index contributed by atoms with van der Waals surface area (Å²) in [5.41, 5.74) is 7.48. The second-order valence-electron chi connectivity index (χ2n) is 3.58. The minimum atomic E-state index is -0.566. The van der Waals surface area contributed by atoms with E-state index in [0.717, 1.165) is 11.0 Å². The number of para-hydroxylation sites is 2. The third-order valence-corrected chi connectivity index (χ3v) is 2.41. The number of imidazole rings is 1. The van der Waals surface area contributed by atoms with Gasteiger partial charge in [0.05, 0.1) is 11.0 Å². The summed E-state index contributed by atoms with van der Waals surface area (Å²) in [6, 6.07) is 7.83. The lowest BCUT2D eigenvalue weighted by molar-refractivity contribution is 0.184. The van der Waals surface area contributed by atoms with Gasteiger partial charge in [0.25, 0.3) is 0 Å². The molecule has 0 radical (unpaired) electrons. The minimum Gasteiger partial charge on any atom is -0.385 e. The van der Waals surface area contributed by atoms with Gasteiger partial charge in [-0.15, -0.1) is 0 Å². The molecule has 1 aromatic carbocycles. The van der Waals surface area contributed by atoms with E-state index in [1.54, 1.807) is 6.92 Å². The molecule has 0 aliphatic heterocycles. The average molecular weight is 205 g/mol. The molecule has 2 rings (SSSR count). The van der Waals surface area contributed by atoms with E-state index in [-0.39, 0.29) is 0 Å². The van der Waals surface area contributed by atoms with Crippen molar-refractivity contribution < 1.29 is 5.11 Å². The van der Waals surface area contributed by atoms with Crippen LogP contribution in [0.25, 0.3) is 11.0 Å². The van der Waals surface area contributed by atoms with Gasteiger partial charge in [0, 0.05) is 13.1 Å². The molecule has 15 heavy (non-hydrogen) atoms. The Morgan fingerprint density at radius 3 is 2.87 bits per heavy atom. The first-order valence-electron chi connectivity index (χ1n) is 5.07. The Hall–Kier alpha value is -1.39. The van der Waals surface area contributed by atoms with Gasteiger partial charge in [0.1, 0.15) is 11.9 Å². The van der Waals surface area contributed by atoms with Crippen LogP contribution in [0.4, 0.5) is 0 Å². The summed E-state index contributed by atoms with van der Waals surface area (Å²) in [4.78, 5) is 4.39. The number of hydrogen-bond acceptors (Lipinski definition) is 3. The van der Waals surface area contributed by atoms with E-state index >= 15 is 0 Å². The Morgan fingerprint density at radius 2 is 2.20 bits per heavy atom. The molecule has 1 heterocycles. The monoisotopic (exact) mass is 205 g/mol. The SMILES string of the molecule is C[C@H](O)c1nc2ccccc2n1CCN. The van der Waals surface area contributed by atoms with Crippen molar-refractivity contribution >= 4 is 11.0 Å². The van der Waals surface area contributed by atoms with Gasteiger partial charge in [0.15, 0.2) is 0 Å². The van der Waals surface area contributed by atoms with E-state index in [1.165, 1.54) is 0 Å². The molecule has 0 unspecified atom stereocenters. The van der Waals surface area contributed by atoms with Gasteiger partial charge in [-0.05, 0) is 19.1 Å². The summed E-state index contributed by atoms with van der Waals surface area (Å²) < 4.78 is 1.97. The van der Waals surface area contributed by atoms with Gasteiger partial charge >= 0.3 is 0 Å². The maximum atomic E-state index is 9.61. The Balaban J connectivity index is 2.63. The fraction of sp³-hybridized carbons (Fsp3) is 0.364. The van der Waals surface area contributed by atoms with E-state index in [0.29, 0.717) is 18.9 Å². The highest BCUT2D eigenvalue weighted by Gasteiger charge is 2.13. The number of nitrogens with zero attached hydrogens (tertiary/aromatic N) is 2. The number of nitrogens with two attached hydrogens (primary N) is 1. The Morgan fingerprint density at radius 1 is 1.47 bits per heavy atom. The van der Waals surface area contributed by atoms with E-state index in [9.17, 15) is 5.11 Å². The highest BCUT2D eigenvalue weighted by Crippen LogP contribution is 2.19. The molecule has 4 heteroatoms. The van der Waals surface area contributed by atoms with Crippen LogP contribution in [-0.2, 0) is 6.54 Å². The first-order chi connectivity index (χ1) is 7.24. The number of aliphatic hydroxyl groups is 1. The summed E-state index contributed by atoms with van der Waals surface area (Å²) in [5, 5.41) is 9.61. The maximum absolute atomic E-state index is 9.61. The summed E-state index contributed by atoms with van der Waals surface area (Å²) in [6.45, 7) is 2.94. The van der Waals surface area contributed by atoms with Crippen molar-refractivity contribution in [2.45, 2.75) is 19.6 Å². The van der Waals surface area contributed by atoms with Crippen LogP contribution in [0.1, 0.15) is 18.9 Å². The van der Waals surface area contributed by atoms with Gasteiger partial charge in [-0.25, -0.2) is 4.98 Å².